The lowest BCUT2D eigenvalue weighted by Crippen LogP contribution is -2.32. The lowest BCUT2D eigenvalue weighted by atomic mass is 9.98. The Bertz CT molecular complexity index is 667. The van der Waals surface area contributed by atoms with Crippen LogP contribution in [0, 0.1) is 11.2 Å². The van der Waals surface area contributed by atoms with Gasteiger partial charge in [-0.3, -0.25) is 5.41 Å². The van der Waals surface area contributed by atoms with Gasteiger partial charge >= 0.3 is 0 Å². The van der Waals surface area contributed by atoms with E-state index < -0.39 is 0 Å². The molecule has 0 aliphatic carbocycles. The van der Waals surface area contributed by atoms with E-state index in [0.717, 1.165) is 25.2 Å². The van der Waals surface area contributed by atoms with Gasteiger partial charge in [-0.15, -0.1) is 0 Å². The Hall–Kier alpha value is -2.36. The molecule has 3 nitrogen and oxygen atoms in total. The molecular formula is C16H16FN3. The molecule has 0 aromatic heterocycles. The van der Waals surface area contributed by atoms with E-state index in [9.17, 15) is 4.39 Å². The highest BCUT2D eigenvalue weighted by Gasteiger charge is 2.19. The second-order valence-corrected chi connectivity index (χ2v) is 5.02. The topological polar surface area (TPSA) is 53.1 Å². The standard InChI is InChI=1S/C16H16FN3/c17-13-5-6-15(14(9-13)16(18)19)20-8-7-11-3-1-2-4-12(11)10-20/h1-6,9H,7-8,10H2,(H3,18,19). The highest BCUT2D eigenvalue weighted by molar-refractivity contribution is 6.00. The van der Waals surface area contributed by atoms with Gasteiger partial charge in [0.05, 0.1) is 0 Å². The molecule has 0 atom stereocenters. The van der Waals surface area contributed by atoms with Gasteiger partial charge in [-0.25, -0.2) is 4.39 Å². The fraction of sp³-hybridized carbons (Fsp3) is 0.188. The minimum atomic E-state index is -0.364. The van der Waals surface area contributed by atoms with Crippen LogP contribution in [0.1, 0.15) is 16.7 Å². The van der Waals surface area contributed by atoms with Crippen LogP contribution in [-0.4, -0.2) is 12.4 Å². The monoisotopic (exact) mass is 269 g/mol. The summed E-state index contributed by atoms with van der Waals surface area (Å²) in [4.78, 5) is 2.15. The summed E-state index contributed by atoms with van der Waals surface area (Å²) in [6, 6.07) is 12.8. The molecule has 20 heavy (non-hydrogen) atoms. The van der Waals surface area contributed by atoms with E-state index >= 15 is 0 Å². The van der Waals surface area contributed by atoms with Crippen LogP contribution in [0.5, 0.6) is 0 Å². The first-order chi connectivity index (χ1) is 9.65. The second-order valence-electron chi connectivity index (χ2n) is 5.02. The number of halogens is 1. The van der Waals surface area contributed by atoms with Crippen LogP contribution in [0.2, 0.25) is 0 Å². The van der Waals surface area contributed by atoms with E-state index in [1.807, 2.05) is 12.1 Å². The SMILES string of the molecule is N=C(N)c1cc(F)ccc1N1CCc2ccccc2C1. The van der Waals surface area contributed by atoms with E-state index in [0.29, 0.717) is 5.56 Å². The third-order valence-electron chi connectivity index (χ3n) is 3.72. The van der Waals surface area contributed by atoms with Crippen molar-refractivity contribution in [3.8, 4) is 0 Å². The number of anilines is 1. The molecule has 0 fully saturated rings. The van der Waals surface area contributed by atoms with Crippen LogP contribution in [0.25, 0.3) is 0 Å². The van der Waals surface area contributed by atoms with Crippen LogP contribution in [-0.2, 0) is 13.0 Å². The van der Waals surface area contributed by atoms with Gasteiger partial charge in [0.2, 0.25) is 0 Å². The van der Waals surface area contributed by atoms with Crippen molar-refractivity contribution in [2.75, 3.05) is 11.4 Å². The summed E-state index contributed by atoms with van der Waals surface area (Å²) in [6.45, 7) is 1.62. The average Bonchev–Trinajstić information content (AvgIpc) is 2.46. The normalized spacial score (nSPS) is 13.9. The van der Waals surface area contributed by atoms with Gasteiger partial charge in [-0.05, 0) is 35.7 Å². The van der Waals surface area contributed by atoms with Gasteiger partial charge in [0, 0.05) is 24.3 Å². The number of nitrogens with two attached hydrogens (primary N) is 1. The zero-order valence-electron chi connectivity index (χ0n) is 11.1. The van der Waals surface area contributed by atoms with Crippen molar-refractivity contribution in [1.29, 1.82) is 5.41 Å². The average molecular weight is 269 g/mol. The number of hydrogen-bond acceptors (Lipinski definition) is 2. The fourth-order valence-corrected chi connectivity index (χ4v) is 2.70. The molecular weight excluding hydrogens is 253 g/mol. The smallest absolute Gasteiger partial charge is 0.125 e. The highest BCUT2D eigenvalue weighted by atomic mass is 19.1. The first-order valence-electron chi connectivity index (χ1n) is 6.61. The van der Waals surface area contributed by atoms with Crippen molar-refractivity contribution in [1.82, 2.24) is 0 Å². The van der Waals surface area contributed by atoms with Crippen molar-refractivity contribution in [2.45, 2.75) is 13.0 Å². The molecule has 0 saturated heterocycles. The molecule has 3 rings (SSSR count). The third-order valence-corrected chi connectivity index (χ3v) is 3.72. The Kier molecular flexibility index (Phi) is 3.14. The van der Waals surface area contributed by atoms with E-state index in [4.69, 9.17) is 11.1 Å². The van der Waals surface area contributed by atoms with Crippen molar-refractivity contribution >= 4 is 11.5 Å². The summed E-state index contributed by atoms with van der Waals surface area (Å²) >= 11 is 0. The zero-order chi connectivity index (χ0) is 14.1. The predicted molar refractivity (Wildman–Crippen MR) is 78.6 cm³/mol. The largest absolute Gasteiger partial charge is 0.384 e. The maximum absolute atomic E-state index is 13.3. The lowest BCUT2D eigenvalue weighted by Gasteiger charge is -2.32. The number of rotatable bonds is 2. The molecule has 0 saturated carbocycles. The maximum atomic E-state index is 13.3. The van der Waals surface area contributed by atoms with Gasteiger partial charge in [0.25, 0.3) is 0 Å². The van der Waals surface area contributed by atoms with Gasteiger partial charge in [0.1, 0.15) is 11.7 Å². The second kappa shape index (κ2) is 4.96. The molecule has 1 aliphatic rings. The van der Waals surface area contributed by atoms with Crippen molar-refractivity contribution in [2.24, 2.45) is 5.73 Å². The quantitative estimate of drug-likeness (QED) is 0.650. The molecule has 102 valence electrons. The predicted octanol–water partition coefficient (Wildman–Crippen LogP) is 2.67. The van der Waals surface area contributed by atoms with Gasteiger partial charge < -0.3 is 10.6 Å². The molecule has 2 aromatic carbocycles. The third kappa shape index (κ3) is 2.25. The zero-order valence-corrected chi connectivity index (χ0v) is 11.1. The Morgan fingerprint density at radius 1 is 1.15 bits per heavy atom. The van der Waals surface area contributed by atoms with E-state index in [2.05, 4.69) is 17.0 Å². The summed E-state index contributed by atoms with van der Waals surface area (Å²) in [5, 5.41) is 7.62. The number of fused-ring (bicyclic) bond motifs is 1. The minimum Gasteiger partial charge on any atom is -0.384 e. The number of nitrogens with one attached hydrogen (secondary N) is 1. The van der Waals surface area contributed by atoms with E-state index in [1.54, 1.807) is 6.07 Å². The summed E-state index contributed by atoms with van der Waals surface area (Å²) in [5.41, 5.74) is 9.50. The van der Waals surface area contributed by atoms with E-state index in [-0.39, 0.29) is 11.7 Å². The van der Waals surface area contributed by atoms with Crippen LogP contribution >= 0.6 is 0 Å². The molecule has 1 aliphatic heterocycles. The summed E-state index contributed by atoms with van der Waals surface area (Å²) in [5.74, 6) is -0.463. The summed E-state index contributed by atoms with van der Waals surface area (Å²) < 4.78 is 13.3. The number of amidine groups is 1. The molecule has 2 aromatic rings. The van der Waals surface area contributed by atoms with Crippen LogP contribution in [0.3, 0.4) is 0 Å². The number of hydrogen-bond donors (Lipinski definition) is 2. The fourth-order valence-electron chi connectivity index (χ4n) is 2.70. The highest BCUT2D eigenvalue weighted by Crippen LogP contribution is 2.27. The van der Waals surface area contributed by atoms with Gasteiger partial charge in [0.15, 0.2) is 0 Å². The van der Waals surface area contributed by atoms with Gasteiger partial charge in [-0.2, -0.15) is 0 Å². The molecule has 4 heteroatoms. The van der Waals surface area contributed by atoms with Gasteiger partial charge in [-0.1, -0.05) is 24.3 Å². The van der Waals surface area contributed by atoms with Crippen molar-refractivity contribution < 1.29 is 4.39 Å². The molecule has 0 unspecified atom stereocenters. The summed E-state index contributed by atoms with van der Waals surface area (Å²) in [6.07, 6.45) is 0.949. The summed E-state index contributed by atoms with van der Waals surface area (Å²) in [7, 11) is 0. The van der Waals surface area contributed by atoms with Crippen molar-refractivity contribution in [3.05, 3.63) is 65.0 Å². The number of benzene rings is 2. The lowest BCUT2D eigenvalue weighted by molar-refractivity contribution is 0.626. The molecule has 3 N–H and O–H groups in total. The number of nitrogen functional groups attached to an aromatic ring is 1. The van der Waals surface area contributed by atoms with Crippen LogP contribution < -0.4 is 10.6 Å². The van der Waals surface area contributed by atoms with Crippen LogP contribution in [0.4, 0.5) is 10.1 Å². The molecule has 0 radical (unpaired) electrons. The van der Waals surface area contributed by atoms with E-state index in [1.165, 1.54) is 23.3 Å². The first kappa shape index (κ1) is 12.7. The maximum Gasteiger partial charge on any atom is 0.125 e. The minimum absolute atomic E-state index is 0.0987. The Labute approximate surface area is 117 Å². The molecule has 1 heterocycles. The first-order valence-corrected chi connectivity index (χ1v) is 6.61. The number of nitrogens with zero attached hydrogens (tertiary/aromatic N) is 1. The Morgan fingerprint density at radius 2 is 1.90 bits per heavy atom. The molecule has 0 bridgehead atoms. The molecule has 0 spiro atoms. The Morgan fingerprint density at radius 3 is 2.65 bits per heavy atom. The van der Waals surface area contributed by atoms with Crippen LogP contribution in [0.15, 0.2) is 42.5 Å². The molecule has 0 amide bonds. The van der Waals surface area contributed by atoms with Crippen molar-refractivity contribution in [3.63, 3.8) is 0 Å². The Balaban J connectivity index is 1.97.